The number of amides is 1. The molecule has 0 aliphatic rings. The van der Waals surface area contributed by atoms with Crippen LogP contribution in [0.4, 0.5) is 0 Å². The third-order valence-electron chi connectivity index (χ3n) is 2.78. The number of nitrogens with zero attached hydrogens (tertiary/aromatic N) is 3. The van der Waals surface area contributed by atoms with Crippen LogP contribution in [0.3, 0.4) is 0 Å². The molecule has 1 amide bonds. The number of oxime groups is 1. The largest absolute Gasteiger partial charge is 0.409 e. The lowest BCUT2D eigenvalue weighted by Crippen LogP contribution is -2.24. The van der Waals surface area contributed by atoms with Gasteiger partial charge < -0.3 is 16.3 Å². The Balaban J connectivity index is 2.00. The smallest absolute Gasteiger partial charge is 0.270 e. The van der Waals surface area contributed by atoms with Crippen molar-refractivity contribution < 1.29 is 10.0 Å². The summed E-state index contributed by atoms with van der Waals surface area (Å²) in [7, 11) is 0. The highest BCUT2D eigenvalue weighted by Gasteiger charge is 2.08. The molecule has 4 N–H and O–H groups in total. The molecule has 108 valence electrons. The average molecular weight is 285 g/mol. The van der Waals surface area contributed by atoms with Crippen LogP contribution in [-0.2, 0) is 6.54 Å². The number of hydrogen-bond donors (Lipinski definition) is 3. The molecule has 7 nitrogen and oxygen atoms in total. The van der Waals surface area contributed by atoms with Gasteiger partial charge in [0.15, 0.2) is 5.84 Å². The summed E-state index contributed by atoms with van der Waals surface area (Å²) in [5.41, 5.74) is 7.77. The van der Waals surface area contributed by atoms with Crippen LogP contribution in [0.1, 0.15) is 27.4 Å². The molecule has 0 radical (unpaired) electrons. The zero-order chi connectivity index (χ0) is 15.2. The first kappa shape index (κ1) is 14.4. The Bertz CT molecular complexity index is 667. The molecule has 7 heteroatoms. The van der Waals surface area contributed by atoms with E-state index in [0.29, 0.717) is 12.1 Å². The number of hydrogen-bond acceptors (Lipinski definition) is 5. The van der Waals surface area contributed by atoms with Crippen LogP contribution in [0.2, 0.25) is 0 Å². The van der Waals surface area contributed by atoms with Gasteiger partial charge in [0.05, 0.1) is 12.2 Å². The van der Waals surface area contributed by atoms with Gasteiger partial charge >= 0.3 is 0 Å². The lowest BCUT2D eigenvalue weighted by atomic mass is 10.2. The predicted molar refractivity (Wildman–Crippen MR) is 76.9 cm³/mol. The Morgan fingerprint density at radius 3 is 2.81 bits per heavy atom. The van der Waals surface area contributed by atoms with Gasteiger partial charge in [-0.1, -0.05) is 11.2 Å². The Labute approximate surface area is 121 Å². The van der Waals surface area contributed by atoms with Crippen molar-refractivity contribution >= 4 is 11.7 Å². The average Bonchev–Trinajstić information content (AvgIpc) is 2.52. The molecule has 21 heavy (non-hydrogen) atoms. The van der Waals surface area contributed by atoms with Gasteiger partial charge in [0, 0.05) is 17.5 Å². The minimum atomic E-state index is -0.315. The lowest BCUT2D eigenvalue weighted by Gasteiger charge is -2.05. The Morgan fingerprint density at radius 2 is 2.19 bits per heavy atom. The van der Waals surface area contributed by atoms with Gasteiger partial charge in [-0.15, -0.1) is 0 Å². The Hall–Kier alpha value is -2.96. The fourth-order valence-electron chi connectivity index (χ4n) is 1.70. The van der Waals surface area contributed by atoms with Crippen LogP contribution in [0.5, 0.6) is 0 Å². The Morgan fingerprint density at radius 1 is 1.38 bits per heavy atom. The van der Waals surface area contributed by atoms with E-state index in [1.165, 1.54) is 12.3 Å². The lowest BCUT2D eigenvalue weighted by molar-refractivity contribution is 0.0945. The summed E-state index contributed by atoms with van der Waals surface area (Å²) in [4.78, 5) is 20.2. The molecule has 0 saturated carbocycles. The highest BCUT2D eigenvalue weighted by atomic mass is 16.4. The van der Waals surface area contributed by atoms with Crippen molar-refractivity contribution in [3.8, 4) is 0 Å². The second-order valence-corrected chi connectivity index (χ2v) is 4.37. The summed E-state index contributed by atoms with van der Waals surface area (Å²) < 4.78 is 0. The molecule has 0 fully saturated rings. The molecule has 2 aromatic heterocycles. The van der Waals surface area contributed by atoms with Gasteiger partial charge in [-0.25, -0.2) is 0 Å². The van der Waals surface area contributed by atoms with E-state index >= 15 is 0 Å². The van der Waals surface area contributed by atoms with Crippen molar-refractivity contribution in [2.45, 2.75) is 13.5 Å². The topological polar surface area (TPSA) is 113 Å². The van der Waals surface area contributed by atoms with E-state index in [0.717, 1.165) is 11.4 Å². The van der Waals surface area contributed by atoms with Crippen molar-refractivity contribution in [2.75, 3.05) is 0 Å². The fourth-order valence-corrected chi connectivity index (χ4v) is 1.70. The molecule has 0 aliphatic heterocycles. The zero-order valence-corrected chi connectivity index (χ0v) is 11.4. The number of aromatic nitrogens is 2. The highest BCUT2D eigenvalue weighted by Crippen LogP contribution is 2.02. The summed E-state index contributed by atoms with van der Waals surface area (Å²) in [6.07, 6.45) is 1.37. The minimum absolute atomic E-state index is 0.0570. The summed E-state index contributed by atoms with van der Waals surface area (Å²) in [6.45, 7) is 2.21. The maximum atomic E-state index is 11.9. The van der Waals surface area contributed by atoms with Crippen LogP contribution in [0.25, 0.3) is 0 Å². The van der Waals surface area contributed by atoms with Gasteiger partial charge in [-0.3, -0.25) is 14.8 Å². The van der Waals surface area contributed by atoms with E-state index in [1.54, 1.807) is 6.07 Å². The predicted octanol–water partition coefficient (Wildman–Crippen LogP) is 0.810. The minimum Gasteiger partial charge on any atom is -0.409 e. The van der Waals surface area contributed by atoms with Gasteiger partial charge in [0.25, 0.3) is 5.91 Å². The zero-order valence-electron chi connectivity index (χ0n) is 11.4. The molecule has 2 rings (SSSR count). The van der Waals surface area contributed by atoms with Crippen LogP contribution >= 0.6 is 0 Å². The molecule has 0 spiro atoms. The number of pyridine rings is 2. The van der Waals surface area contributed by atoms with E-state index in [2.05, 4.69) is 20.4 Å². The van der Waals surface area contributed by atoms with E-state index < -0.39 is 0 Å². The summed E-state index contributed by atoms with van der Waals surface area (Å²) in [5.74, 6) is -0.372. The van der Waals surface area contributed by atoms with Crippen molar-refractivity contribution in [1.29, 1.82) is 0 Å². The second kappa shape index (κ2) is 6.47. The maximum Gasteiger partial charge on any atom is 0.270 e. The van der Waals surface area contributed by atoms with Crippen molar-refractivity contribution in [3.63, 3.8) is 0 Å². The molecule has 0 bridgehead atoms. The highest BCUT2D eigenvalue weighted by molar-refractivity contribution is 5.98. The van der Waals surface area contributed by atoms with E-state index in [9.17, 15) is 4.79 Å². The van der Waals surface area contributed by atoms with Crippen LogP contribution in [0.15, 0.2) is 41.7 Å². The first-order valence-electron chi connectivity index (χ1n) is 6.25. The Kier molecular flexibility index (Phi) is 4.45. The molecule has 0 aliphatic carbocycles. The summed E-state index contributed by atoms with van der Waals surface area (Å²) in [6, 6.07) is 8.67. The standard InChI is InChI=1S/C14H15N5O2/c1-9-3-2-4-11(18-9)8-17-14(20)12-6-5-10(7-16-12)13(15)19-21/h2-7,21H,8H2,1H3,(H2,15,19)(H,17,20). The van der Waals surface area contributed by atoms with Gasteiger partial charge in [0.1, 0.15) is 5.69 Å². The molecule has 0 aromatic carbocycles. The normalized spacial score (nSPS) is 11.2. The van der Waals surface area contributed by atoms with Crippen LogP contribution in [0, 0.1) is 6.92 Å². The number of carbonyl (C=O) groups excluding carboxylic acids is 1. The van der Waals surface area contributed by atoms with Crippen molar-refractivity contribution in [2.24, 2.45) is 10.9 Å². The number of aryl methyl sites for hydroxylation is 1. The SMILES string of the molecule is Cc1cccc(CNC(=O)c2ccc(C(N)=NO)cn2)n1. The van der Waals surface area contributed by atoms with Gasteiger partial charge in [0.2, 0.25) is 0 Å². The third kappa shape index (κ3) is 3.75. The van der Waals surface area contributed by atoms with Crippen molar-refractivity contribution in [1.82, 2.24) is 15.3 Å². The van der Waals surface area contributed by atoms with E-state index in [4.69, 9.17) is 10.9 Å². The van der Waals surface area contributed by atoms with Crippen LogP contribution in [-0.4, -0.2) is 26.9 Å². The number of carbonyl (C=O) groups is 1. The molecule has 0 atom stereocenters. The molecule has 2 aromatic rings. The molecular formula is C14H15N5O2. The molecular weight excluding hydrogens is 270 g/mol. The van der Waals surface area contributed by atoms with Crippen LogP contribution < -0.4 is 11.1 Å². The summed E-state index contributed by atoms with van der Waals surface area (Å²) >= 11 is 0. The molecule has 0 unspecified atom stereocenters. The van der Waals surface area contributed by atoms with E-state index in [1.807, 2.05) is 25.1 Å². The third-order valence-corrected chi connectivity index (χ3v) is 2.78. The van der Waals surface area contributed by atoms with E-state index in [-0.39, 0.29) is 17.4 Å². The first-order chi connectivity index (χ1) is 10.1. The first-order valence-corrected chi connectivity index (χ1v) is 6.25. The van der Waals surface area contributed by atoms with Gasteiger partial charge in [-0.2, -0.15) is 0 Å². The monoisotopic (exact) mass is 285 g/mol. The van der Waals surface area contributed by atoms with Crippen molar-refractivity contribution in [3.05, 3.63) is 59.2 Å². The number of rotatable bonds is 4. The molecule has 2 heterocycles. The summed E-state index contributed by atoms with van der Waals surface area (Å²) in [5, 5.41) is 14.1. The number of nitrogens with two attached hydrogens (primary N) is 1. The van der Waals surface area contributed by atoms with Gasteiger partial charge in [-0.05, 0) is 31.2 Å². The number of amidine groups is 1. The fraction of sp³-hybridized carbons (Fsp3) is 0.143. The maximum absolute atomic E-state index is 11.9. The quantitative estimate of drug-likeness (QED) is 0.333. The number of nitrogens with one attached hydrogen (secondary N) is 1. The second-order valence-electron chi connectivity index (χ2n) is 4.37. The molecule has 0 saturated heterocycles.